The fourth-order valence-corrected chi connectivity index (χ4v) is 5.89. The Labute approximate surface area is 163 Å². The van der Waals surface area contributed by atoms with Crippen molar-refractivity contribution >= 4 is 25.7 Å². The highest BCUT2D eigenvalue weighted by atomic mass is 32.2. The van der Waals surface area contributed by atoms with E-state index in [4.69, 9.17) is 0 Å². The Morgan fingerprint density at radius 2 is 1.36 bits per heavy atom. The van der Waals surface area contributed by atoms with Crippen LogP contribution in [-0.2, 0) is 25.8 Å². The van der Waals surface area contributed by atoms with Crippen LogP contribution >= 0.6 is 0 Å². The van der Waals surface area contributed by atoms with Gasteiger partial charge in [0.1, 0.15) is 0 Å². The number of nitro groups is 1. The van der Waals surface area contributed by atoms with Crippen molar-refractivity contribution in [1.29, 1.82) is 0 Å². The first kappa shape index (κ1) is 20.4. The molecule has 1 aliphatic rings. The highest BCUT2D eigenvalue weighted by Crippen LogP contribution is 2.22. The summed E-state index contributed by atoms with van der Waals surface area (Å²) in [4.78, 5) is 10.0. The number of rotatable bonds is 6. The smallest absolute Gasteiger partial charge is 0.258 e. The molecule has 0 N–H and O–H groups in total. The number of hydrogen-bond acceptors (Lipinski definition) is 6. The summed E-state index contributed by atoms with van der Waals surface area (Å²) in [6.07, 6.45) is 0. The molecule has 150 valence electrons. The zero-order chi connectivity index (χ0) is 20.4. The quantitative estimate of drug-likeness (QED) is 0.510. The number of nitrogens with zero attached hydrogens (tertiary/aromatic N) is 3. The molecule has 28 heavy (non-hydrogen) atoms. The van der Waals surface area contributed by atoms with Crippen molar-refractivity contribution < 1.29 is 21.8 Å². The molecule has 0 bridgehead atoms. The van der Waals surface area contributed by atoms with Gasteiger partial charge in [0.25, 0.3) is 5.69 Å². The maximum Gasteiger partial charge on any atom is 0.269 e. The lowest BCUT2D eigenvalue weighted by Crippen LogP contribution is -2.50. The molecule has 1 heterocycles. The van der Waals surface area contributed by atoms with Gasteiger partial charge in [0.2, 0.25) is 20.0 Å². The molecule has 1 fully saturated rings. The van der Waals surface area contributed by atoms with Crippen molar-refractivity contribution in [3.8, 4) is 0 Å². The topological polar surface area (TPSA) is 118 Å². The third-order valence-electron chi connectivity index (χ3n) is 4.47. The first-order valence-electron chi connectivity index (χ1n) is 8.46. The molecule has 0 spiro atoms. The second-order valence-corrected chi connectivity index (χ2v) is 10.2. The Morgan fingerprint density at radius 3 is 1.89 bits per heavy atom. The van der Waals surface area contributed by atoms with Crippen molar-refractivity contribution in [3.05, 3.63) is 70.3 Å². The normalized spacial score (nSPS) is 16.7. The van der Waals surface area contributed by atoms with Crippen molar-refractivity contribution in [3.63, 3.8) is 0 Å². The molecule has 0 radical (unpaired) electrons. The van der Waals surface area contributed by atoms with Gasteiger partial charge >= 0.3 is 0 Å². The first-order valence-corrected chi connectivity index (χ1v) is 11.5. The minimum absolute atomic E-state index is 0.0212. The Kier molecular flexibility index (Phi) is 5.79. The minimum atomic E-state index is -3.84. The lowest BCUT2D eigenvalue weighted by atomic mass is 10.2. The summed E-state index contributed by atoms with van der Waals surface area (Å²) in [6, 6.07) is 13.4. The lowest BCUT2D eigenvalue weighted by molar-refractivity contribution is -0.384. The van der Waals surface area contributed by atoms with Crippen LogP contribution in [0.5, 0.6) is 0 Å². The first-order chi connectivity index (χ1) is 13.2. The van der Waals surface area contributed by atoms with Gasteiger partial charge in [0, 0.05) is 38.3 Å². The van der Waals surface area contributed by atoms with E-state index in [0.717, 1.165) is 12.1 Å². The van der Waals surface area contributed by atoms with Gasteiger partial charge in [-0.2, -0.15) is 8.61 Å². The SMILES string of the molecule is O=[N+]([O-])c1ccc(S(=O)(=O)N2CCN(S(=O)(=O)Cc3ccccc3)CC2)cc1. The van der Waals surface area contributed by atoms with Gasteiger partial charge in [-0.1, -0.05) is 30.3 Å². The van der Waals surface area contributed by atoms with Crippen molar-refractivity contribution in [1.82, 2.24) is 8.61 Å². The molecule has 11 heteroatoms. The van der Waals surface area contributed by atoms with Crippen LogP contribution in [0.15, 0.2) is 59.5 Å². The Hall–Kier alpha value is -2.34. The van der Waals surface area contributed by atoms with Crippen LogP contribution in [0.2, 0.25) is 0 Å². The molecule has 2 aromatic rings. The van der Waals surface area contributed by atoms with Gasteiger partial charge in [0.05, 0.1) is 15.6 Å². The fourth-order valence-electron chi connectivity index (χ4n) is 2.95. The third kappa shape index (κ3) is 4.38. The number of hydrogen-bond donors (Lipinski definition) is 0. The number of non-ortho nitro benzene ring substituents is 1. The maximum absolute atomic E-state index is 12.7. The van der Waals surface area contributed by atoms with E-state index in [1.807, 2.05) is 0 Å². The Morgan fingerprint density at radius 1 is 0.821 bits per heavy atom. The molecule has 2 aromatic carbocycles. The van der Waals surface area contributed by atoms with E-state index >= 15 is 0 Å². The van der Waals surface area contributed by atoms with E-state index in [0.29, 0.717) is 5.56 Å². The van der Waals surface area contributed by atoms with Gasteiger partial charge in [-0.25, -0.2) is 16.8 Å². The fraction of sp³-hybridized carbons (Fsp3) is 0.294. The standard InChI is InChI=1S/C17H19N3O6S2/c21-20(22)16-6-8-17(9-7-16)28(25,26)19-12-10-18(11-13-19)27(23,24)14-15-4-2-1-3-5-15/h1-9H,10-14H2. The van der Waals surface area contributed by atoms with Crippen LogP contribution in [0, 0.1) is 10.1 Å². The number of benzene rings is 2. The molecule has 9 nitrogen and oxygen atoms in total. The Bertz CT molecular complexity index is 1050. The Balaban J connectivity index is 1.68. The monoisotopic (exact) mass is 425 g/mol. The molecule has 0 amide bonds. The average Bonchev–Trinajstić information content (AvgIpc) is 2.68. The molecule has 3 rings (SSSR count). The van der Waals surface area contributed by atoms with E-state index in [9.17, 15) is 26.9 Å². The molecule has 1 saturated heterocycles. The van der Waals surface area contributed by atoms with E-state index < -0.39 is 25.0 Å². The summed E-state index contributed by atoms with van der Waals surface area (Å²) in [7, 11) is -7.39. The van der Waals surface area contributed by atoms with Crippen LogP contribution in [0.25, 0.3) is 0 Å². The summed E-state index contributed by atoms with van der Waals surface area (Å²) in [5, 5.41) is 10.7. The number of piperazine rings is 1. The number of nitro benzene ring substituents is 1. The van der Waals surface area contributed by atoms with Gasteiger partial charge in [-0.3, -0.25) is 10.1 Å². The van der Waals surface area contributed by atoms with E-state index in [-0.39, 0.29) is 42.5 Å². The molecule has 0 aliphatic carbocycles. The second kappa shape index (κ2) is 7.95. The summed E-state index contributed by atoms with van der Waals surface area (Å²) in [5.41, 5.74) is 0.471. The molecule has 1 aliphatic heterocycles. The van der Waals surface area contributed by atoms with Crippen molar-refractivity contribution in [2.24, 2.45) is 0 Å². The highest BCUT2D eigenvalue weighted by molar-refractivity contribution is 7.89. The summed E-state index contributed by atoms with van der Waals surface area (Å²) in [5.74, 6) is -0.136. The van der Waals surface area contributed by atoms with Crippen molar-refractivity contribution in [2.45, 2.75) is 10.6 Å². The summed E-state index contributed by atoms with van der Waals surface area (Å²) in [6.45, 7) is 0.156. The summed E-state index contributed by atoms with van der Waals surface area (Å²) < 4.78 is 53.1. The minimum Gasteiger partial charge on any atom is -0.258 e. The molecule has 0 saturated carbocycles. The lowest BCUT2D eigenvalue weighted by Gasteiger charge is -2.33. The van der Waals surface area contributed by atoms with E-state index in [2.05, 4.69) is 0 Å². The molecule has 0 atom stereocenters. The molecule has 0 aromatic heterocycles. The molecular formula is C17H19N3O6S2. The van der Waals surface area contributed by atoms with Crippen LogP contribution in [-0.4, -0.2) is 56.5 Å². The predicted molar refractivity (Wildman–Crippen MR) is 102 cm³/mol. The third-order valence-corrected chi connectivity index (χ3v) is 8.23. The highest BCUT2D eigenvalue weighted by Gasteiger charge is 2.33. The van der Waals surface area contributed by atoms with Gasteiger partial charge < -0.3 is 0 Å². The zero-order valence-corrected chi connectivity index (χ0v) is 16.5. The predicted octanol–water partition coefficient (Wildman–Crippen LogP) is 1.43. The van der Waals surface area contributed by atoms with Gasteiger partial charge in [-0.05, 0) is 17.7 Å². The van der Waals surface area contributed by atoms with Gasteiger partial charge in [-0.15, -0.1) is 0 Å². The largest absolute Gasteiger partial charge is 0.269 e. The van der Waals surface area contributed by atoms with Crippen LogP contribution in [0.3, 0.4) is 0 Å². The van der Waals surface area contributed by atoms with Crippen LogP contribution < -0.4 is 0 Å². The molecular weight excluding hydrogens is 406 g/mol. The second-order valence-electron chi connectivity index (χ2n) is 6.30. The molecule has 0 unspecified atom stereocenters. The van der Waals surface area contributed by atoms with E-state index in [1.54, 1.807) is 30.3 Å². The zero-order valence-electron chi connectivity index (χ0n) is 14.8. The number of sulfonamides is 2. The van der Waals surface area contributed by atoms with Crippen LogP contribution in [0.4, 0.5) is 5.69 Å². The van der Waals surface area contributed by atoms with E-state index in [1.165, 1.54) is 20.7 Å². The van der Waals surface area contributed by atoms with Gasteiger partial charge in [0.15, 0.2) is 0 Å². The van der Waals surface area contributed by atoms with Crippen LogP contribution in [0.1, 0.15) is 5.56 Å². The maximum atomic E-state index is 12.7. The van der Waals surface area contributed by atoms with Crippen molar-refractivity contribution in [2.75, 3.05) is 26.2 Å². The summed E-state index contributed by atoms with van der Waals surface area (Å²) >= 11 is 0. The average molecular weight is 425 g/mol.